The number of hydrogen-bond donors (Lipinski definition) is 1. The Balaban J connectivity index is 1.57. The van der Waals surface area contributed by atoms with Gasteiger partial charge in [-0.15, -0.1) is 11.3 Å². The first-order chi connectivity index (χ1) is 13.8. The van der Waals surface area contributed by atoms with Gasteiger partial charge in [-0.25, -0.2) is 13.2 Å². The van der Waals surface area contributed by atoms with Crippen molar-refractivity contribution in [3.8, 4) is 0 Å². The van der Waals surface area contributed by atoms with E-state index in [1.54, 1.807) is 37.4 Å². The minimum atomic E-state index is -3.52. The van der Waals surface area contributed by atoms with Gasteiger partial charge in [-0.05, 0) is 23.8 Å². The molecule has 0 unspecified atom stereocenters. The summed E-state index contributed by atoms with van der Waals surface area (Å²) < 4.78 is 32.2. The summed E-state index contributed by atoms with van der Waals surface area (Å²) in [7, 11) is -1.88. The highest BCUT2D eigenvalue weighted by molar-refractivity contribution is 7.91. The fourth-order valence-corrected chi connectivity index (χ4v) is 6.04. The molecule has 0 spiro atoms. The van der Waals surface area contributed by atoms with Gasteiger partial charge < -0.3 is 15.0 Å². The Hall–Kier alpha value is -1.36. The number of nitrogens with zero attached hydrogens (tertiary/aromatic N) is 2. The lowest BCUT2D eigenvalue weighted by atomic mass is 10.2. The third kappa shape index (κ3) is 5.42. The van der Waals surface area contributed by atoms with Crippen LogP contribution >= 0.6 is 34.5 Å². The normalized spacial score (nSPS) is 15.3. The van der Waals surface area contributed by atoms with Crippen LogP contribution in [0.15, 0.2) is 34.5 Å². The number of sulfonamides is 1. The number of amides is 2. The van der Waals surface area contributed by atoms with Gasteiger partial charge in [-0.1, -0.05) is 35.3 Å². The molecule has 158 valence electrons. The quantitative estimate of drug-likeness (QED) is 0.690. The van der Waals surface area contributed by atoms with Crippen LogP contribution < -0.4 is 5.32 Å². The first-order valence-corrected chi connectivity index (χ1v) is 11.9. The molecule has 1 aliphatic heterocycles. The predicted molar refractivity (Wildman–Crippen MR) is 114 cm³/mol. The molecule has 2 heterocycles. The molecule has 0 aliphatic carbocycles. The highest BCUT2D eigenvalue weighted by Gasteiger charge is 2.27. The Morgan fingerprint density at radius 1 is 1.24 bits per heavy atom. The number of carbonyl (C=O) groups excluding carboxylic acids is 1. The predicted octanol–water partition coefficient (Wildman–Crippen LogP) is 3.42. The summed E-state index contributed by atoms with van der Waals surface area (Å²) in [5, 5.41) is 3.65. The number of hydrogen-bond acceptors (Lipinski definition) is 5. The Bertz CT molecular complexity index is 975. The number of nitrogens with one attached hydrogen (secondary N) is 1. The number of ether oxygens (including phenoxy) is 1. The van der Waals surface area contributed by atoms with Gasteiger partial charge in [0.05, 0.1) is 29.8 Å². The Kier molecular flexibility index (Phi) is 7.42. The van der Waals surface area contributed by atoms with Crippen molar-refractivity contribution in [3.05, 3.63) is 50.8 Å². The topological polar surface area (TPSA) is 79.0 Å². The summed E-state index contributed by atoms with van der Waals surface area (Å²) in [5.41, 5.74) is 0.742. The minimum absolute atomic E-state index is 0.232. The molecule has 0 radical (unpaired) electrons. The van der Waals surface area contributed by atoms with E-state index in [1.807, 2.05) is 0 Å². The van der Waals surface area contributed by atoms with Gasteiger partial charge in [-0.3, -0.25) is 0 Å². The van der Waals surface area contributed by atoms with Crippen molar-refractivity contribution in [1.82, 2.24) is 14.5 Å². The first-order valence-electron chi connectivity index (χ1n) is 8.87. The highest BCUT2D eigenvalue weighted by Crippen LogP contribution is 2.27. The zero-order valence-corrected chi connectivity index (χ0v) is 18.9. The van der Waals surface area contributed by atoms with Crippen LogP contribution in [0, 0.1) is 0 Å². The molecular weight excluding hydrogens is 457 g/mol. The van der Waals surface area contributed by atoms with E-state index in [0.29, 0.717) is 42.9 Å². The maximum atomic E-state index is 12.7. The third-order valence-corrected chi connectivity index (χ3v) is 8.71. The van der Waals surface area contributed by atoms with Crippen molar-refractivity contribution in [2.45, 2.75) is 17.3 Å². The third-order valence-electron chi connectivity index (χ3n) is 4.40. The molecule has 3 rings (SSSR count). The Morgan fingerprint density at radius 2 is 1.97 bits per heavy atom. The van der Waals surface area contributed by atoms with Crippen LogP contribution in [0.25, 0.3) is 0 Å². The van der Waals surface area contributed by atoms with Gasteiger partial charge in [0.25, 0.3) is 10.0 Å². The van der Waals surface area contributed by atoms with Gasteiger partial charge in [0, 0.05) is 31.6 Å². The van der Waals surface area contributed by atoms with Crippen LogP contribution in [0.1, 0.15) is 10.4 Å². The van der Waals surface area contributed by atoms with Gasteiger partial charge in [-0.2, -0.15) is 4.31 Å². The number of morpholine rings is 1. The number of urea groups is 1. The van der Waals surface area contributed by atoms with E-state index in [-0.39, 0.29) is 16.8 Å². The molecular formula is C18H21Cl2N3O4S2. The lowest BCUT2D eigenvalue weighted by Crippen LogP contribution is -2.40. The number of benzene rings is 1. The standard InChI is InChI=1S/C18H21Cl2N3O4S2/c1-22(12-13-3-2-4-15(19)17(13)20)18(24)21-11-14-5-6-16(28-14)29(25,26)23-7-9-27-10-8-23/h2-6H,7-12H2,1H3,(H,21,24). The summed E-state index contributed by atoms with van der Waals surface area (Å²) in [6.45, 7) is 2.03. The molecule has 1 fully saturated rings. The largest absolute Gasteiger partial charge is 0.379 e. The molecule has 29 heavy (non-hydrogen) atoms. The Morgan fingerprint density at radius 3 is 2.69 bits per heavy atom. The molecule has 1 aromatic carbocycles. The number of rotatable bonds is 6. The van der Waals surface area contributed by atoms with Gasteiger partial charge >= 0.3 is 6.03 Å². The maximum absolute atomic E-state index is 12.7. The first kappa shape index (κ1) is 22.3. The second-order valence-electron chi connectivity index (χ2n) is 6.46. The van der Waals surface area contributed by atoms with Crippen LogP contribution in [-0.2, 0) is 27.8 Å². The molecule has 11 heteroatoms. The van der Waals surface area contributed by atoms with Crippen LogP contribution in [-0.4, -0.2) is 57.0 Å². The summed E-state index contributed by atoms with van der Waals surface area (Å²) in [4.78, 5) is 14.6. The van der Waals surface area contributed by atoms with Crippen molar-refractivity contribution >= 4 is 50.6 Å². The van der Waals surface area contributed by atoms with Crippen molar-refractivity contribution < 1.29 is 17.9 Å². The summed E-state index contributed by atoms with van der Waals surface area (Å²) >= 11 is 13.3. The number of carbonyl (C=O) groups is 1. The smallest absolute Gasteiger partial charge is 0.317 e. The van der Waals surface area contributed by atoms with Crippen molar-refractivity contribution in [2.75, 3.05) is 33.4 Å². The van der Waals surface area contributed by atoms with E-state index < -0.39 is 10.0 Å². The SMILES string of the molecule is CN(Cc1cccc(Cl)c1Cl)C(=O)NCc1ccc(S(=O)(=O)N2CCOCC2)s1. The minimum Gasteiger partial charge on any atom is -0.379 e. The van der Waals surface area contributed by atoms with Crippen LogP contribution in [0.4, 0.5) is 4.79 Å². The molecule has 2 aromatic rings. The van der Waals surface area contributed by atoms with Gasteiger partial charge in [0.2, 0.25) is 0 Å². The van der Waals surface area contributed by atoms with Crippen LogP contribution in [0.5, 0.6) is 0 Å². The lowest BCUT2D eigenvalue weighted by molar-refractivity contribution is 0.0731. The zero-order chi connectivity index (χ0) is 21.0. The molecule has 0 atom stereocenters. The van der Waals surface area contributed by atoms with Gasteiger partial charge in [0.1, 0.15) is 4.21 Å². The molecule has 0 saturated carbocycles. The van der Waals surface area contributed by atoms with Crippen molar-refractivity contribution in [3.63, 3.8) is 0 Å². The van der Waals surface area contributed by atoms with E-state index in [4.69, 9.17) is 27.9 Å². The fraction of sp³-hybridized carbons (Fsp3) is 0.389. The molecule has 1 N–H and O–H groups in total. The van der Waals surface area contributed by atoms with E-state index >= 15 is 0 Å². The lowest BCUT2D eigenvalue weighted by Gasteiger charge is -2.25. The van der Waals surface area contributed by atoms with E-state index in [9.17, 15) is 13.2 Å². The molecule has 1 saturated heterocycles. The second-order valence-corrected chi connectivity index (χ2v) is 10.6. The van der Waals surface area contributed by atoms with E-state index in [2.05, 4.69) is 5.32 Å². The average Bonchev–Trinajstić information content (AvgIpc) is 3.20. The summed E-state index contributed by atoms with van der Waals surface area (Å²) in [6.07, 6.45) is 0. The zero-order valence-electron chi connectivity index (χ0n) is 15.7. The Labute approximate surface area is 184 Å². The van der Waals surface area contributed by atoms with E-state index in [0.717, 1.165) is 21.8 Å². The van der Waals surface area contributed by atoms with E-state index in [1.165, 1.54) is 9.21 Å². The molecule has 2 amide bonds. The van der Waals surface area contributed by atoms with Crippen molar-refractivity contribution in [1.29, 1.82) is 0 Å². The number of thiophene rings is 1. The average molecular weight is 478 g/mol. The van der Waals surface area contributed by atoms with Gasteiger partial charge in [0.15, 0.2) is 0 Å². The molecule has 1 aliphatic rings. The number of halogens is 2. The maximum Gasteiger partial charge on any atom is 0.317 e. The fourth-order valence-electron chi connectivity index (χ4n) is 2.80. The van der Waals surface area contributed by atoms with Crippen LogP contribution in [0.3, 0.4) is 0 Å². The molecule has 0 bridgehead atoms. The van der Waals surface area contributed by atoms with Crippen LogP contribution in [0.2, 0.25) is 10.0 Å². The molecule has 1 aromatic heterocycles. The van der Waals surface area contributed by atoms with Crippen molar-refractivity contribution in [2.24, 2.45) is 0 Å². The summed E-state index contributed by atoms with van der Waals surface area (Å²) in [6, 6.07) is 8.26. The monoisotopic (exact) mass is 477 g/mol. The summed E-state index contributed by atoms with van der Waals surface area (Å²) in [5.74, 6) is 0. The molecule has 7 nitrogen and oxygen atoms in total. The second kappa shape index (κ2) is 9.63. The highest BCUT2D eigenvalue weighted by atomic mass is 35.5.